The molecule has 0 bridgehead atoms. The quantitative estimate of drug-likeness (QED) is 0.818. The number of hydrogen-bond donors (Lipinski definition) is 2. The second-order valence-electron chi connectivity index (χ2n) is 5.91. The molecule has 1 heterocycles. The number of anilines is 1. The third kappa shape index (κ3) is 4.98. The van der Waals surface area contributed by atoms with Crippen LogP contribution in [-0.2, 0) is 11.3 Å². The fourth-order valence-electron chi connectivity index (χ4n) is 2.88. The maximum absolute atomic E-state index is 12.6. The zero-order chi connectivity index (χ0) is 15.9. The summed E-state index contributed by atoms with van der Waals surface area (Å²) in [5.41, 5.74) is 5.29. The molecule has 0 atom stereocenters. The summed E-state index contributed by atoms with van der Waals surface area (Å²) in [7, 11) is 0. The van der Waals surface area contributed by atoms with Crippen molar-refractivity contribution < 1.29 is 4.79 Å². The molecular formula is C19H24ClN3O. The van der Waals surface area contributed by atoms with Gasteiger partial charge in [0.15, 0.2) is 0 Å². The number of hydrazine groups is 1. The summed E-state index contributed by atoms with van der Waals surface area (Å²) in [5, 5.41) is 5.24. The Morgan fingerprint density at radius 3 is 2.21 bits per heavy atom. The average molecular weight is 346 g/mol. The Morgan fingerprint density at radius 1 is 1.00 bits per heavy atom. The zero-order valence-electron chi connectivity index (χ0n) is 13.7. The van der Waals surface area contributed by atoms with Gasteiger partial charge in [-0.05, 0) is 43.6 Å². The lowest BCUT2D eigenvalue weighted by atomic mass is 9.98. The summed E-state index contributed by atoms with van der Waals surface area (Å²) >= 11 is 0. The minimum Gasteiger partial charge on any atom is -0.317 e. The number of halogens is 1. The average Bonchev–Trinajstić information content (AvgIpc) is 2.63. The van der Waals surface area contributed by atoms with E-state index < -0.39 is 0 Å². The van der Waals surface area contributed by atoms with Crippen LogP contribution in [0, 0.1) is 5.92 Å². The van der Waals surface area contributed by atoms with Crippen LogP contribution in [0.25, 0.3) is 0 Å². The molecule has 1 aliphatic rings. The largest absolute Gasteiger partial charge is 0.317 e. The van der Waals surface area contributed by atoms with E-state index in [4.69, 9.17) is 0 Å². The van der Waals surface area contributed by atoms with Crippen LogP contribution in [-0.4, -0.2) is 19.0 Å². The Hall–Kier alpha value is -2.04. The number of hydrogen-bond acceptors (Lipinski definition) is 3. The maximum atomic E-state index is 12.6. The molecule has 0 aliphatic carbocycles. The van der Waals surface area contributed by atoms with E-state index in [9.17, 15) is 4.79 Å². The molecule has 1 fully saturated rings. The molecule has 2 aromatic rings. The third-order valence-electron chi connectivity index (χ3n) is 4.21. The molecule has 128 valence electrons. The van der Waals surface area contributed by atoms with Crippen LogP contribution in [0.3, 0.4) is 0 Å². The molecule has 1 amide bonds. The number of nitrogens with one attached hydrogen (secondary N) is 2. The van der Waals surface area contributed by atoms with Gasteiger partial charge in [-0.2, -0.15) is 0 Å². The van der Waals surface area contributed by atoms with Crippen molar-refractivity contribution in [2.45, 2.75) is 19.4 Å². The fraction of sp³-hybridized carbons (Fsp3) is 0.316. The highest BCUT2D eigenvalue weighted by atomic mass is 35.5. The Morgan fingerprint density at radius 2 is 1.58 bits per heavy atom. The first-order valence-corrected chi connectivity index (χ1v) is 8.20. The van der Waals surface area contributed by atoms with Crippen LogP contribution in [0.4, 0.5) is 5.69 Å². The van der Waals surface area contributed by atoms with Crippen LogP contribution < -0.4 is 15.8 Å². The lowest BCUT2D eigenvalue weighted by molar-refractivity contribution is -0.125. The van der Waals surface area contributed by atoms with Crippen LogP contribution in [0.5, 0.6) is 0 Å². The van der Waals surface area contributed by atoms with Gasteiger partial charge in [-0.25, -0.2) is 0 Å². The highest BCUT2D eigenvalue weighted by Crippen LogP contribution is 2.17. The van der Waals surface area contributed by atoms with Crippen molar-refractivity contribution in [3.8, 4) is 0 Å². The molecule has 2 N–H and O–H groups in total. The van der Waals surface area contributed by atoms with E-state index >= 15 is 0 Å². The molecule has 4 nitrogen and oxygen atoms in total. The van der Waals surface area contributed by atoms with E-state index in [1.807, 2.05) is 53.5 Å². The van der Waals surface area contributed by atoms with Crippen LogP contribution in [0.15, 0.2) is 60.7 Å². The van der Waals surface area contributed by atoms with Gasteiger partial charge in [0.05, 0.1) is 12.2 Å². The van der Waals surface area contributed by atoms with Crippen molar-refractivity contribution >= 4 is 24.0 Å². The molecule has 0 unspecified atom stereocenters. The van der Waals surface area contributed by atoms with Crippen molar-refractivity contribution in [2.24, 2.45) is 5.92 Å². The lowest BCUT2D eigenvalue weighted by Gasteiger charge is -2.29. The number of piperidine rings is 1. The number of carbonyl (C=O) groups excluding carboxylic acids is 1. The van der Waals surface area contributed by atoms with Gasteiger partial charge in [0, 0.05) is 5.92 Å². The molecule has 0 spiro atoms. The van der Waals surface area contributed by atoms with E-state index in [-0.39, 0.29) is 24.2 Å². The number of amides is 1. The fourth-order valence-corrected chi connectivity index (χ4v) is 2.88. The summed E-state index contributed by atoms with van der Waals surface area (Å²) < 4.78 is 0. The van der Waals surface area contributed by atoms with E-state index in [0.29, 0.717) is 6.54 Å². The first-order chi connectivity index (χ1) is 11.3. The molecule has 0 saturated carbocycles. The van der Waals surface area contributed by atoms with Gasteiger partial charge in [0.1, 0.15) is 0 Å². The van der Waals surface area contributed by atoms with Crippen molar-refractivity contribution in [1.29, 1.82) is 0 Å². The van der Waals surface area contributed by atoms with Crippen molar-refractivity contribution in [2.75, 3.05) is 18.1 Å². The predicted molar refractivity (Wildman–Crippen MR) is 100 cm³/mol. The summed E-state index contributed by atoms with van der Waals surface area (Å²) in [6.07, 6.45) is 1.81. The molecule has 1 aliphatic heterocycles. The highest BCUT2D eigenvalue weighted by Gasteiger charge is 2.22. The monoisotopic (exact) mass is 345 g/mol. The summed E-state index contributed by atoms with van der Waals surface area (Å²) in [5.74, 6) is 0.213. The van der Waals surface area contributed by atoms with Crippen LogP contribution in [0.1, 0.15) is 18.4 Å². The van der Waals surface area contributed by atoms with Gasteiger partial charge >= 0.3 is 0 Å². The normalized spacial score (nSPS) is 14.5. The van der Waals surface area contributed by atoms with E-state index in [2.05, 4.69) is 22.9 Å². The highest BCUT2D eigenvalue weighted by molar-refractivity contribution is 5.85. The smallest absolute Gasteiger partial charge is 0.241 e. The van der Waals surface area contributed by atoms with Crippen LogP contribution in [0.2, 0.25) is 0 Å². The topological polar surface area (TPSA) is 44.4 Å². The molecule has 0 aromatic heterocycles. The third-order valence-corrected chi connectivity index (χ3v) is 4.21. The lowest BCUT2D eigenvalue weighted by Crippen LogP contribution is -2.47. The van der Waals surface area contributed by atoms with E-state index in [0.717, 1.165) is 31.6 Å². The number of carbonyl (C=O) groups is 1. The number of para-hydroxylation sites is 1. The second kappa shape index (κ2) is 9.30. The van der Waals surface area contributed by atoms with Gasteiger partial charge in [-0.1, -0.05) is 48.5 Å². The van der Waals surface area contributed by atoms with Crippen molar-refractivity contribution in [3.05, 3.63) is 66.2 Å². The molecule has 0 radical (unpaired) electrons. The second-order valence-corrected chi connectivity index (χ2v) is 5.91. The Bertz CT molecular complexity index is 615. The minimum absolute atomic E-state index is 0. The summed E-state index contributed by atoms with van der Waals surface area (Å²) in [4.78, 5) is 12.6. The standard InChI is InChI=1S/C19H23N3O.ClH/c23-19(17-11-13-20-14-12-17)21-22(18-9-5-2-6-10-18)15-16-7-3-1-4-8-16;/h1-10,17,20H,11-15H2,(H,21,23);1H. The first kappa shape index (κ1) is 18.3. The van der Waals surface area contributed by atoms with Gasteiger partial charge in [-0.15, -0.1) is 12.4 Å². The Balaban J connectivity index is 0.00000208. The van der Waals surface area contributed by atoms with Gasteiger partial charge in [-0.3, -0.25) is 15.2 Å². The predicted octanol–water partition coefficient (Wildman–Crippen LogP) is 3.15. The first-order valence-electron chi connectivity index (χ1n) is 8.20. The van der Waals surface area contributed by atoms with Crippen molar-refractivity contribution in [1.82, 2.24) is 10.7 Å². The van der Waals surface area contributed by atoms with E-state index in [1.165, 1.54) is 5.56 Å². The number of nitrogens with zero attached hydrogens (tertiary/aromatic N) is 1. The molecule has 1 saturated heterocycles. The zero-order valence-corrected chi connectivity index (χ0v) is 14.5. The van der Waals surface area contributed by atoms with Crippen molar-refractivity contribution in [3.63, 3.8) is 0 Å². The number of rotatable bonds is 5. The number of benzene rings is 2. The molecule has 24 heavy (non-hydrogen) atoms. The molecule has 3 rings (SSSR count). The van der Waals surface area contributed by atoms with Gasteiger partial charge in [0.2, 0.25) is 5.91 Å². The van der Waals surface area contributed by atoms with Crippen LogP contribution >= 0.6 is 12.4 Å². The molecule has 2 aromatic carbocycles. The molecular weight excluding hydrogens is 322 g/mol. The molecule has 5 heteroatoms. The Labute approximate surface area is 149 Å². The van der Waals surface area contributed by atoms with E-state index in [1.54, 1.807) is 0 Å². The summed E-state index contributed by atoms with van der Waals surface area (Å²) in [6.45, 7) is 2.49. The van der Waals surface area contributed by atoms with Gasteiger partial charge < -0.3 is 5.32 Å². The Kier molecular flexibility index (Phi) is 7.09. The SMILES string of the molecule is Cl.O=C(NN(Cc1ccccc1)c1ccccc1)C1CCNCC1. The summed E-state index contributed by atoms with van der Waals surface area (Å²) in [6, 6.07) is 20.2. The van der Waals surface area contributed by atoms with Gasteiger partial charge in [0.25, 0.3) is 0 Å². The minimum atomic E-state index is 0. The maximum Gasteiger partial charge on any atom is 0.241 e.